The monoisotopic (exact) mass is 424 g/mol. The Morgan fingerprint density at radius 1 is 1.17 bits per heavy atom. The second kappa shape index (κ2) is 8.64. The molecule has 0 aliphatic rings. The molecule has 0 aliphatic heterocycles. The molecule has 30 heavy (non-hydrogen) atoms. The van der Waals surface area contributed by atoms with Crippen molar-refractivity contribution in [1.29, 1.82) is 0 Å². The molecule has 0 bridgehead atoms. The zero-order valence-electron chi connectivity index (χ0n) is 16.8. The van der Waals surface area contributed by atoms with Crippen molar-refractivity contribution in [2.24, 2.45) is 0 Å². The van der Waals surface area contributed by atoms with Crippen molar-refractivity contribution in [1.82, 2.24) is 19.7 Å². The highest BCUT2D eigenvalue weighted by atomic mass is 19.4. The molecule has 0 aliphatic carbocycles. The fourth-order valence-corrected chi connectivity index (χ4v) is 3.18. The first-order valence-corrected chi connectivity index (χ1v) is 9.30. The van der Waals surface area contributed by atoms with Crippen molar-refractivity contribution < 1.29 is 22.6 Å². The molecule has 11 heteroatoms. The summed E-state index contributed by atoms with van der Waals surface area (Å²) in [5.41, 5.74) is 6.97. The van der Waals surface area contributed by atoms with Crippen molar-refractivity contribution in [3.05, 3.63) is 30.0 Å². The standard InChI is InChI=1S/C19H23F3N6O2/c1-4-6-15(19(20,21)22)25-17-16-12(24-18(23)26-17)10-28(27-16)9-11-13(29-2)7-5-8-14(11)30-3/h5,7-8,10,15H,4,6,9H2,1-3H3,(H3,23,24,25,26)/t15-/m0/s1. The number of nitrogens with zero attached hydrogens (tertiary/aromatic N) is 4. The van der Waals surface area contributed by atoms with Gasteiger partial charge in [-0.2, -0.15) is 23.3 Å². The summed E-state index contributed by atoms with van der Waals surface area (Å²) in [4.78, 5) is 8.05. The number of nitrogen functional groups attached to an aromatic ring is 1. The van der Waals surface area contributed by atoms with E-state index in [0.717, 1.165) is 5.56 Å². The summed E-state index contributed by atoms with van der Waals surface area (Å²) in [6.07, 6.45) is -2.60. The molecule has 0 amide bonds. The highest BCUT2D eigenvalue weighted by Crippen LogP contribution is 2.31. The summed E-state index contributed by atoms with van der Waals surface area (Å²) in [5.74, 6) is 0.992. The highest BCUT2D eigenvalue weighted by Gasteiger charge is 2.39. The van der Waals surface area contributed by atoms with Crippen molar-refractivity contribution >= 4 is 22.8 Å². The molecule has 2 heterocycles. The van der Waals surface area contributed by atoms with Gasteiger partial charge in [-0.15, -0.1) is 0 Å². The van der Waals surface area contributed by atoms with Gasteiger partial charge in [0.25, 0.3) is 0 Å². The number of nitrogens with one attached hydrogen (secondary N) is 1. The molecule has 0 fully saturated rings. The van der Waals surface area contributed by atoms with E-state index in [1.807, 2.05) is 0 Å². The summed E-state index contributed by atoms with van der Waals surface area (Å²) in [5, 5.41) is 6.83. The number of hydrogen-bond donors (Lipinski definition) is 2. The van der Waals surface area contributed by atoms with Gasteiger partial charge in [0.05, 0.1) is 32.5 Å². The molecule has 3 rings (SSSR count). The fourth-order valence-electron chi connectivity index (χ4n) is 3.18. The molecule has 0 saturated carbocycles. The Bertz CT molecular complexity index is 999. The van der Waals surface area contributed by atoms with Gasteiger partial charge >= 0.3 is 6.18 Å². The minimum atomic E-state index is -4.44. The van der Waals surface area contributed by atoms with Crippen LogP contribution in [0.3, 0.4) is 0 Å². The normalized spacial score (nSPS) is 12.7. The number of aromatic nitrogens is 4. The van der Waals surface area contributed by atoms with Crippen LogP contribution in [0, 0.1) is 0 Å². The second-order valence-corrected chi connectivity index (χ2v) is 6.66. The maximum Gasteiger partial charge on any atom is 0.408 e. The highest BCUT2D eigenvalue weighted by molar-refractivity contribution is 5.86. The van der Waals surface area contributed by atoms with Crippen LogP contribution in [-0.4, -0.2) is 46.2 Å². The third kappa shape index (κ3) is 4.50. The molecule has 0 unspecified atom stereocenters. The van der Waals surface area contributed by atoms with Crippen LogP contribution in [-0.2, 0) is 6.54 Å². The molecule has 0 radical (unpaired) electrons. The van der Waals surface area contributed by atoms with Gasteiger partial charge in [-0.05, 0) is 18.6 Å². The summed E-state index contributed by atoms with van der Waals surface area (Å²) in [7, 11) is 3.08. The van der Waals surface area contributed by atoms with Crippen molar-refractivity contribution in [2.45, 2.75) is 38.5 Å². The van der Waals surface area contributed by atoms with E-state index >= 15 is 0 Å². The molecule has 3 N–H and O–H groups in total. The van der Waals surface area contributed by atoms with Crippen LogP contribution in [0.25, 0.3) is 11.0 Å². The van der Waals surface area contributed by atoms with E-state index in [-0.39, 0.29) is 30.2 Å². The molecule has 3 aromatic rings. The Morgan fingerprint density at radius 2 is 1.83 bits per heavy atom. The Morgan fingerprint density at radius 3 is 2.40 bits per heavy atom. The number of ether oxygens (including phenoxy) is 2. The van der Waals surface area contributed by atoms with E-state index in [1.165, 1.54) is 18.9 Å². The lowest BCUT2D eigenvalue weighted by molar-refractivity contribution is -0.143. The van der Waals surface area contributed by atoms with Crippen molar-refractivity contribution in [2.75, 3.05) is 25.3 Å². The number of methoxy groups -OCH3 is 2. The summed E-state index contributed by atoms with van der Waals surface area (Å²) in [6.45, 7) is 1.93. The molecule has 162 valence electrons. The largest absolute Gasteiger partial charge is 0.496 e. The topological polar surface area (TPSA) is 100 Å². The van der Waals surface area contributed by atoms with Gasteiger partial charge in [0, 0.05) is 0 Å². The Balaban J connectivity index is 2.00. The number of fused-ring (bicyclic) bond motifs is 1. The Kier molecular flexibility index (Phi) is 6.18. The zero-order chi connectivity index (χ0) is 21.9. The lowest BCUT2D eigenvalue weighted by Crippen LogP contribution is -2.36. The number of nitrogens with two attached hydrogens (primary N) is 1. The maximum absolute atomic E-state index is 13.4. The van der Waals surface area contributed by atoms with E-state index in [1.54, 1.807) is 31.3 Å². The molecule has 0 spiro atoms. The van der Waals surface area contributed by atoms with Gasteiger partial charge in [-0.3, -0.25) is 4.68 Å². The Labute approximate surface area is 171 Å². The van der Waals surface area contributed by atoms with E-state index < -0.39 is 12.2 Å². The van der Waals surface area contributed by atoms with Crippen molar-refractivity contribution in [3.8, 4) is 11.5 Å². The van der Waals surface area contributed by atoms with Crippen LogP contribution in [0.1, 0.15) is 25.3 Å². The van der Waals surface area contributed by atoms with E-state index in [9.17, 15) is 13.2 Å². The quantitative estimate of drug-likeness (QED) is 0.570. The lowest BCUT2D eigenvalue weighted by atomic mass is 10.1. The van der Waals surface area contributed by atoms with Gasteiger partial charge in [-0.1, -0.05) is 19.4 Å². The molecule has 0 saturated heterocycles. The number of alkyl halides is 3. The number of halogens is 3. The van der Waals surface area contributed by atoms with Crippen LogP contribution in [0.15, 0.2) is 24.4 Å². The molecule has 8 nitrogen and oxygen atoms in total. The molecule has 2 aromatic heterocycles. The molecule has 1 atom stereocenters. The number of hydrogen-bond acceptors (Lipinski definition) is 7. The smallest absolute Gasteiger partial charge is 0.408 e. The average molecular weight is 424 g/mol. The van der Waals surface area contributed by atoms with Gasteiger partial charge < -0.3 is 20.5 Å². The summed E-state index contributed by atoms with van der Waals surface area (Å²) in [6, 6.07) is 3.59. The first kappa shape index (κ1) is 21.5. The third-order valence-corrected chi connectivity index (χ3v) is 4.56. The van der Waals surface area contributed by atoms with Crippen LogP contribution in [0.4, 0.5) is 24.9 Å². The average Bonchev–Trinajstić information content (AvgIpc) is 3.09. The van der Waals surface area contributed by atoms with E-state index in [2.05, 4.69) is 20.4 Å². The van der Waals surface area contributed by atoms with Crippen LogP contribution < -0.4 is 20.5 Å². The fraction of sp³-hybridized carbons (Fsp3) is 0.421. The van der Waals surface area contributed by atoms with Crippen molar-refractivity contribution in [3.63, 3.8) is 0 Å². The van der Waals surface area contributed by atoms with Gasteiger partial charge in [0.15, 0.2) is 11.3 Å². The second-order valence-electron chi connectivity index (χ2n) is 6.66. The zero-order valence-corrected chi connectivity index (χ0v) is 16.8. The van der Waals surface area contributed by atoms with Gasteiger partial charge in [0.1, 0.15) is 23.1 Å². The summed E-state index contributed by atoms with van der Waals surface area (Å²) >= 11 is 0. The molecular formula is C19H23F3N6O2. The minimum absolute atomic E-state index is 0.0565. The van der Waals surface area contributed by atoms with Crippen LogP contribution >= 0.6 is 0 Å². The first-order valence-electron chi connectivity index (χ1n) is 9.30. The Hall–Kier alpha value is -3.24. The maximum atomic E-state index is 13.4. The van der Waals surface area contributed by atoms with E-state index in [0.29, 0.717) is 23.4 Å². The lowest BCUT2D eigenvalue weighted by Gasteiger charge is -2.21. The predicted octanol–water partition coefficient (Wildman–Crippen LogP) is 3.62. The van der Waals surface area contributed by atoms with Crippen LogP contribution in [0.5, 0.6) is 11.5 Å². The van der Waals surface area contributed by atoms with Gasteiger partial charge in [-0.25, -0.2) is 4.98 Å². The summed E-state index contributed by atoms with van der Waals surface area (Å²) < 4.78 is 52.4. The van der Waals surface area contributed by atoms with Gasteiger partial charge in [0.2, 0.25) is 5.95 Å². The number of benzene rings is 1. The molecular weight excluding hydrogens is 401 g/mol. The third-order valence-electron chi connectivity index (χ3n) is 4.56. The number of anilines is 2. The first-order chi connectivity index (χ1) is 14.3. The minimum Gasteiger partial charge on any atom is -0.496 e. The number of rotatable bonds is 8. The van der Waals surface area contributed by atoms with Crippen LogP contribution in [0.2, 0.25) is 0 Å². The van der Waals surface area contributed by atoms with E-state index in [4.69, 9.17) is 15.2 Å². The SMILES string of the molecule is CCC[C@H](Nc1nc(N)nc2cn(Cc3c(OC)cccc3OC)nc12)C(F)(F)F. The molecule has 1 aromatic carbocycles. The predicted molar refractivity (Wildman–Crippen MR) is 107 cm³/mol.